The van der Waals surface area contributed by atoms with Gasteiger partial charge in [0.15, 0.2) is 0 Å². The van der Waals surface area contributed by atoms with Crippen LogP contribution >= 0.6 is 0 Å². The lowest BCUT2D eigenvalue weighted by Crippen LogP contribution is -2.52. The molecule has 2 atom stereocenters. The monoisotopic (exact) mass is 475 g/mol. The number of carbonyl (C=O) groups excluding carboxylic acids is 3. The summed E-state index contributed by atoms with van der Waals surface area (Å²) in [5, 5.41) is 15.7. The molecule has 34 heavy (non-hydrogen) atoms. The van der Waals surface area contributed by atoms with Gasteiger partial charge in [-0.25, -0.2) is 4.79 Å². The number of hydrogen-bond donors (Lipinski definition) is 3. The topological polar surface area (TPSA) is 108 Å². The number of nitrogens with zero attached hydrogens (tertiary/aromatic N) is 1. The molecule has 1 aliphatic rings. The molecule has 0 saturated heterocycles. The third kappa shape index (κ3) is 7.92. The van der Waals surface area contributed by atoms with E-state index in [1.165, 1.54) is 6.42 Å². The molecule has 2 rings (SSSR count). The molecule has 2 unspecified atom stereocenters. The van der Waals surface area contributed by atoms with Gasteiger partial charge in [0.05, 0.1) is 0 Å². The first-order chi connectivity index (χ1) is 15.9. The van der Waals surface area contributed by atoms with Crippen molar-refractivity contribution in [2.75, 3.05) is 6.54 Å². The maximum absolute atomic E-state index is 13.6. The minimum absolute atomic E-state index is 0.0794. The van der Waals surface area contributed by atoms with Crippen LogP contribution in [0, 0.1) is 6.92 Å². The minimum atomic E-state index is -0.885. The zero-order valence-electron chi connectivity index (χ0n) is 21.4. The summed E-state index contributed by atoms with van der Waals surface area (Å²) in [6, 6.07) is 3.90. The number of nitrogens with one attached hydrogen (secondary N) is 2. The molecule has 1 fully saturated rings. The van der Waals surface area contributed by atoms with E-state index in [1.807, 2.05) is 13.8 Å². The first kappa shape index (κ1) is 27.5. The molecule has 3 N–H and O–H groups in total. The molecule has 1 aromatic rings. The lowest BCUT2D eigenvalue weighted by atomic mass is 9.94. The second kappa shape index (κ2) is 12.1. The van der Waals surface area contributed by atoms with Crippen LogP contribution in [0.25, 0.3) is 0 Å². The Bertz CT molecular complexity index is 858. The highest BCUT2D eigenvalue weighted by atomic mass is 16.6. The SMILES string of the molecule is CCC(C)N(C(=O)CNC(=O)OC(C)(C)C)C(C(=O)NC1CCCCC1)c1ccc(O)c(C)c1. The number of aromatic hydroxyl groups is 1. The molecule has 190 valence electrons. The van der Waals surface area contributed by atoms with Crippen LogP contribution in [0.15, 0.2) is 18.2 Å². The highest BCUT2D eigenvalue weighted by Crippen LogP contribution is 2.29. The molecule has 8 nitrogen and oxygen atoms in total. The molecule has 0 heterocycles. The van der Waals surface area contributed by atoms with Crippen molar-refractivity contribution in [2.24, 2.45) is 0 Å². The standard InChI is InChI=1S/C26H41N3O5/c1-7-18(3)29(22(31)16-27-25(33)34-26(4,5)6)23(19-13-14-21(30)17(2)15-19)24(32)28-20-11-9-8-10-12-20/h13-15,18,20,23,30H,7-12,16H2,1-6H3,(H,27,33)(H,28,32). The van der Waals surface area contributed by atoms with Gasteiger partial charge in [0, 0.05) is 12.1 Å². The van der Waals surface area contributed by atoms with E-state index < -0.39 is 17.7 Å². The Morgan fingerprint density at radius 3 is 2.38 bits per heavy atom. The van der Waals surface area contributed by atoms with Crippen LogP contribution in [0.5, 0.6) is 5.75 Å². The summed E-state index contributed by atoms with van der Waals surface area (Å²) in [7, 11) is 0. The number of aryl methyl sites for hydroxylation is 1. The minimum Gasteiger partial charge on any atom is -0.508 e. The van der Waals surface area contributed by atoms with Gasteiger partial charge in [-0.1, -0.05) is 32.3 Å². The van der Waals surface area contributed by atoms with Gasteiger partial charge in [0.1, 0.15) is 23.9 Å². The molecule has 0 spiro atoms. The first-order valence-electron chi connectivity index (χ1n) is 12.3. The van der Waals surface area contributed by atoms with Gasteiger partial charge in [-0.15, -0.1) is 0 Å². The van der Waals surface area contributed by atoms with E-state index in [-0.39, 0.29) is 36.2 Å². The Morgan fingerprint density at radius 1 is 1.18 bits per heavy atom. The highest BCUT2D eigenvalue weighted by molar-refractivity contribution is 5.90. The number of rotatable bonds is 8. The maximum Gasteiger partial charge on any atom is 0.408 e. The van der Waals surface area contributed by atoms with E-state index in [0.717, 1.165) is 25.7 Å². The van der Waals surface area contributed by atoms with Crippen molar-refractivity contribution in [1.82, 2.24) is 15.5 Å². The molecule has 1 aromatic carbocycles. The van der Waals surface area contributed by atoms with E-state index in [2.05, 4.69) is 10.6 Å². The summed E-state index contributed by atoms with van der Waals surface area (Å²) < 4.78 is 5.25. The molecule has 1 aliphatic carbocycles. The fraction of sp³-hybridized carbons (Fsp3) is 0.654. The molecule has 0 bridgehead atoms. The Hall–Kier alpha value is -2.77. The largest absolute Gasteiger partial charge is 0.508 e. The molecule has 3 amide bonds. The third-order valence-electron chi connectivity index (χ3n) is 6.15. The summed E-state index contributed by atoms with van der Waals surface area (Å²) in [4.78, 5) is 40.7. The van der Waals surface area contributed by atoms with E-state index in [9.17, 15) is 19.5 Å². The van der Waals surface area contributed by atoms with Crippen LogP contribution in [0.1, 0.15) is 90.3 Å². The number of phenols is 1. The highest BCUT2D eigenvalue weighted by Gasteiger charge is 2.35. The van der Waals surface area contributed by atoms with Crippen molar-refractivity contribution in [2.45, 2.75) is 104 Å². The summed E-state index contributed by atoms with van der Waals surface area (Å²) in [6.45, 7) is 10.6. The van der Waals surface area contributed by atoms with Crippen molar-refractivity contribution in [1.29, 1.82) is 0 Å². The lowest BCUT2D eigenvalue weighted by Gasteiger charge is -2.37. The molecule has 1 saturated carbocycles. The van der Waals surface area contributed by atoms with Gasteiger partial charge in [-0.3, -0.25) is 9.59 Å². The van der Waals surface area contributed by atoms with Crippen LogP contribution in [0.3, 0.4) is 0 Å². The molecular weight excluding hydrogens is 434 g/mol. The normalized spacial score (nSPS) is 16.3. The third-order valence-corrected chi connectivity index (χ3v) is 6.15. The van der Waals surface area contributed by atoms with E-state index in [1.54, 1.807) is 50.8 Å². The van der Waals surface area contributed by atoms with E-state index in [0.29, 0.717) is 17.5 Å². The van der Waals surface area contributed by atoms with E-state index >= 15 is 0 Å². The number of phenolic OH excluding ortho intramolecular Hbond substituents is 1. The van der Waals surface area contributed by atoms with Crippen molar-refractivity contribution < 1.29 is 24.2 Å². The maximum atomic E-state index is 13.6. The Balaban J connectivity index is 2.34. The number of alkyl carbamates (subject to hydrolysis) is 1. The predicted octanol–water partition coefficient (Wildman–Crippen LogP) is 4.34. The second-order valence-electron chi connectivity index (χ2n) is 10.2. The van der Waals surface area contributed by atoms with Gasteiger partial charge in [0.2, 0.25) is 11.8 Å². The quantitative estimate of drug-likeness (QED) is 0.518. The van der Waals surface area contributed by atoms with Gasteiger partial charge < -0.3 is 25.4 Å². The van der Waals surface area contributed by atoms with Gasteiger partial charge in [-0.05, 0) is 77.1 Å². The predicted molar refractivity (Wildman–Crippen MR) is 131 cm³/mol. The summed E-state index contributed by atoms with van der Waals surface area (Å²) in [5.74, 6) is -0.499. The number of carbonyl (C=O) groups is 3. The Kier molecular flexibility index (Phi) is 9.77. The number of hydrogen-bond acceptors (Lipinski definition) is 5. The number of benzene rings is 1. The summed E-state index contributed by atoms with van der Waals surface area (Å²) in [6.07, 6.45) is 5.09. The second-order valence-corrected chi connectivity index (χ2v) is 10.2. The first-order valence-corrected chi connectivity index (χ1v) is 12.3. The van der Waals surface area contributed by atoms with E-state index in [4.69, 9.17) is 4.74 Å². The van der Waals surface area contributed by atoms with Crippen LogP contribution in [-0.2, 0) is 14.3 Å². The molecule has 0 aromatic heterocycles. The number of ether oxygens (including phenoxy) is 1. The molecule has 0 radical (unpaired) electrons. The van der Waals surface area contributed by atoms with Gasteiger partial charge in [0.25, 0.3) is 0 Å². The van der Waals surface area contributed by atoms with Crippen LogP contribution in [-0.4, -0.2) is 52.1 Å². The van der Waals surface area contributed by atoms with Crippen LogP contribution in [0.4, 0.5) is 4.79 Å². The van der Waals surface area contributed by atoms with Crippen molar-refractivity contribution in [3.8, 4) is 5.75 Å². The fourth-order valence-corrected chi connectivity index (χ4v) is 4.21. The van der Waals surface area contributed by atoms with Gasteiger partial charge in [-0.2, -0.15) is 0 Å². The zero-order valence-corrected chi connectivity index (χ0v) is 21.4. The molecule has 8 heteroatoms. The average Bonchev–Trinajstić information content (AvgIpc) is 2.76. The van der Waals surface area contributed by atoms with Gasteiger partial charge >= 0.3 is 6.09 Å². The fourth-order valence-electron chi connectivity index (χ4n) is 4.21. The van der Waals surface area contributed by atoms with Crippen molar-refractivity contribution in [3.05, 3.63) is 29.3 Å². The summed E-state index contributed by atoms with van der Waals surface area (Å²) in [5.41, 5.74) is 0.557. The van der Waals surface area contributed by atoms with Crippen LogP contribution < -0.4 is 10.6 Å². The number of amides is 3. The Morgan fingerprint density at radius 2 is 1.82 bits per heavy atom. The average molecular weight is 476 g/mol. The molecule has 0 aliphatic heterocycles. The Labute approximate surface area is 203 Å². The lowest BCUT2D eigenvalue weighted by molar-refractivity contribution is -0.143. The zero-order chi connectivity index (χ0) is 25.5. The van der Waals surface area contributed by atoms with Crippen molar-refractivity contribution in [3.63, 3.8) is 0 Å². The van der Waals surface area contributed by atoms with Crippen molar-refractivity contribution >= 4 is 17.9 Å². The molecular formula is C26H41N3O5. The van der Waals surface area contributed by atoms with Crippen LogP contribution in [0.2, 0.25) is 0 Å². The summed E-state index contributed by atoms with van der Waals surface area (Å²) >= 11 is 0. The smallest absolute Gasteiger partial charge is 0.408 e.